The van der Waals surface area contributed by atoms with E-state index in [9.17, 15) is 0 Å². The van der Waals surface area contributed by atoms with Gasteiger partial charge in [-0.1, -0.05) is 145 Å². The Morgan fingerprint density at radius 1 is 0.468 bits per heavy atom. The van der Waals surface area contributed by atoms with Crippen LogP contribution in [-0.4, -0.2) is 15.0 Å². The van der Waals surface area contributed by atoms with Crippen LogP contribution in [0.5, 0.6) is 0 Å². The summed E-state index contributed by atoms with van der Waals surface area (Å²) in [4.78, 5) is 17.6. The second kappa shape index (κ2) is 10.1. The maximum atomic E-state index is 6.20. The number of rotatable bonds is 3. The lowest BCUT2D eigenvalue weighted by atomic mass is 9.67. The maximum Gasteiger partial charge on any atom is 0.165 e. The van der Waals surface area contributed by atoms with Gasteiger partial charge in [0, 0.05) is 37.4 Å². The summed E-state index contributed by atoms with van der Waals surface area (Å²) < 4.78 is 6.20. The van der Waals surface area contributed by atoms with E-state index in [0.717, 1.165) is 32.6 Å². The van der Waals surface area contributed by atoms with Gasteiger partial charge in [-0.3, -0.25) is 0 Å². The number of hydrogen-bond acceptors (Lipinski definition) is 5. The van der Waals surface area contributed by atoms with Crippen LogP contribution in [-0.2, 0) is 5.41 Å². The largest absolute Gasteiger partial charge is 0.464 e. The lowest BCUT2D eigenvalue weighted by molar-refractivity contribution is 0.616. The highest BCUT2D eigenvalue weighted by atomic mass is 32.2. The number of benzene rings is 6. The molecule has 1 atom stereocenters. The second-order valence-electron chi connectivity index (χ2n) is 11.9. The molecule has 0 bridgehead atoms. The van der Waals surface area contributed by atoms with Crippen molar-refractivity contribution < 1.29 is 4.42 Å². The minimum absolute atomic E-state index is 0.544. The maximum absolute atomic E-state index is 6.20. The normalized spacial score (nSPS) is 15.7. The monoisotopic (exact) mass is 619 g/mol. The molecule has 1 aliphatic carbocycles. The Labute approximate surface area is 275 Å². The Kier molecular flexibility index (Phi) is 5.69. The molecule has 0 saturated carbocycles. The van der Waals surface area contributed by atoms with E-state index in [1.165, 1.54) is 38.3 Å². The van der Waals surface area contributed by atoms with E-state index in [4.69, 9.17) is 19.4 Å². The van der Waals surface area contributed by atoms with Crippen molar-refractivity contribution in [2.75, 3.05) is 0 Å². The summed E-state index contributed by atoms with van der Waals surface area (Å²) in [5, 5.41) is 1.11. The summed E-state index contributed by atoms with van der Waals surface area (Å²) in [7, 11) is 0. The molecular formula is C42H25N3OS. The summed E-state index contributed by atoms with van der Waals surface area (Å²) >= 11 is 1.80. The Morgan fingerprint density at radius 2 is 1.09 bits per heavy atom. The summed E-state index contributed by atoms with van der Waals surface area (Å²) in [5.74, 6) is 1.96. The summed E-state index contributed by atoms with van der Waals surface area (Å²) in [5.41, 5.74) is 10.6. The van der Waals surface area contributed by atoms with Crippen molar-refractivity contribution in [2.24, 2.45) is 0 Å². The van der Waals surface area contributed by atoms with E-state index in [2.05, 4.69) is 109 Å². The highest BCUT2D eigenvalue weighted by Gasteiger charge is 2.51. The van der Waals surface area contributed by atoms with Crippen LogP contribution >= 0.6 is 11.8 Å². The van der Waals surface area contributed by atoms with Gasteiger partial charge in [-0.15, -0.1) is 0 Å². The number of fused-ring (bicyclic) bond motifs is 11. The first-order chi connectivity index (χ1) is 23.3. The molecule has 0 radical (unpaired) electrons. The number of aromatic nitrogens is 3. The van der Waals surface area contributed by atoms with Crippen LogP contribution < -0.4 is 0 Å². The van der Waals surface area contributed by atoms with Gasteiger partial charge in [-0.25, -0.2) is 15.0 Å². The molecule has 4 nitrogen and oxygen atoms in total. The van der Waals surface area contributed by atoms with E-state index < -0.39 is 5.41 Å². The van der Waals surface area contributed by atoms with Crippen molar-refractivity contribution in [2.45, 2.75) is 15.2 Å². The highest BCUT2D eigenvalue weighted by Crippen LogP contribution is 2.64. The quantitative estimate of drug-likeness (QED) is 0.197. The molecule has 2 aromatic heterocycles. The van der Waals surface area contributed by atoms with Gasteiger partial charge in [-0.05, 0) is 39.9 Å². The van der Waals surface area contributed by atoms with Gasteiger partial charge in [0.25, 0.3) is 0 Å². The topological polar surface area (TPSA) is 51.8 Å². The first kappa shape index (κ1) is 26.4. The van der Waals surface area contributed by atoms with Crippen molar-refractivity contribution in [1.82, 2.24) is 15.0 Å². The van der Waals surface area contributed by atoms with Crippen molar-refractivity contribution in [3.63, 3.8) is 0 Å². The fourth-order valence-corrected chi connectivity index (χ4v) is 8.83. The fourth-order valence-electron chi connectivity index (χ4n) is 7.53. The van der Waals surface area contributed by atoms with Crippen molar-refractivity contribution in [1.29, 1.82) is 0 Å². The molecule has 2 aliphatic rings. The Bertz CT molecular complexity index is 2450. The molecule has 0 N–H and O–H groups in total. The second-order valence-corrected chi connectivity index (χ2v) is 13.0. The lowest BCUT2D eigenvalue weighted by Gasteiger charge is -2.40. The Morgan fingerprint density at radius 3 is 1.85 bits per heavy atom. The molecule has 0 amide bonds. The molecule has 0 fully saturated rings. The zero-order chi connectivity index (χ0) is 31.0. The SMILES string of the molecule is c1ccc(-c2nc(-c3ccccc3)nc(-c3cccc4c3Sc3ccccc3C43c4ccccc4-c4c3ccc3ccoc43)n2)cc1. The molecule has 0 saturated heterocycles. The molecule has 10 rings (SSSR count). The van der Waals surface area contributed by atoms with Gasteiger partial charge in [-0.2, -0.15) is 0 Å². The van der Waals surface area contributed by atoms with E-state index in [1.807, 2.05) is 36.4 Å². The van der Waals surface area contributed by atoms with Crippen LogP contribution in [0.25, 0.3) is 56.3 Å². The predicted molar refractivity (Wildman–Crippen MR) is 187 cm³/mol. The number of hydrogen-bond donors (Lipinski definition) is 0. The molecule has 1 unspecified atom stereocenters. The predicted octanol–water partition coefficient (Wildman–Crippen LogP) is 10.4. The molecule has 1 aliphatic heterocycles. The van der Waals surface area contributed by atoms with Crippen LogP contribution in [0.2, 0.25) is 0 Å². The van der Waals surface area contributed by atoms with Crippen molar-refractivity contribution in [3.05, 3.63) is 174 Å². The van der Waals surface area contributed by atoms with E-state index in [0.29, 0.717) is 17.5 Å². The average molecular weight is 620 g/mol. The first-order valence-corrected chi connectivity index (χ1v) is 16.5. The Balaban J connectivity index is 1.29. The Hall–Kier alpha value is -5.78. The summed E-state index contributed by atoms with van der Waals surface area (Å²) in [6.45, 7) is 0. The van der Waals surface area contributed by atoms with E-state index in [-0.39, 0.29) is 0 Å². The third-order valence-corrected chi connectivity index (χ3v) is 10.7. The van der Waals surface area contributed by atoms with Gasteiger partial charge in [0.15, 0.2) is 17.5 Å². The summed E-state index contributed by atoms with van der Waals surface area (Å²) in [6, 6.07) is 51.1. The van der Waals surface area contributed by atoms with Gasteiger partial charge in [0.05, 0.1) is 11.7 Å². The lowest BCUT2D eigenvalue weighted by Crippen LogP contribution is -2.32. The minimum atomic E-state index is -0.544. The molecular weight excluding hydrogens is 595 g/mol. The minimum Gasteiger partial charge on any atom is -0.464 e. The van der Waals surface area contributed by atoms with Gasteiger partial charge in [0.1, 0.15) is 5.58 Å². The van der Waals surface area contributed by atoms with E-state index in [1.54, 1.807) is 18.0 Å². The van der Waals surface area contributed by atoms with Crippen LogP contribution in [0.4, 0.5) is 0 Å². The molecule has 47 heavy (non-hydrogen) atoms. The standard InChI is InChI=1S/C42H25N3OS/c1-3-12-27(13-4-1)39-43-40(28-14-5-2-6-15-28)45-41(44-39)30-17-11-20-34-38(30)47-35-21-10-9-19-32(35)42(34)31-18-8-7-16-29(31)36-33(42)23-22-26-24-25-46-37(26)36/h1-25H. The third-order valence-electron chi connectivity index (χ3n) is 9.49. The highest BCUT2D eigenvalue weighted by molar-refractivity contribution is 7.99. The zero-order valence-corrected chi connectivity index (χ0v) is 25.9. The molecule has 5 heteroatoms. The van der Waals surface area contributed by atoms with Crippen molar-refractivity contribution >= 4 is 22.7 Å². The van der Waals surface area contributed by atoms with Gasteiger partial charge >= 0.3 is 0 Å². The van der Waals surface area contributed by atoms with Gasteiger partial charge in [0.2, 0.25) is 0 Å². The molecule has 6 aromatic carbocycles. The molecule has 3 heterocycles. The summed E-state index contributed by atoms with van der Waals surface area (Å²) in [6.07, 6.45) is 1.80. The number of nitrogens with zero attached hydrogens (tertiary/aromatic N) is 3. The molecule has 1 spiro atoms. The fraction of sp³-hybridized carbons (Fsp3) is 0.0238. The van der Waals surface area contributed by atoms with Crippen LogP contribution in [0.3, 0.4) is 0 Å². The first-order valence-electron chi connectivity index (χ1n) is 15.7. The zero-order valence-electron chi connectivity index (χ0n) is 25.1. The number of furan rings is 1. The molecule has 220 valence electrons. The average Bonchev–Trinajstić information content (AvgIpc) is 3.74. The van der Waals surface area contributed by atoms with Gasteiger partial charge < -0.3 is 4.42 Å². The smallest absolute Gasteiger partial charge is 0.165 e. The van der Waals surface area contributed by atoms with Crippen molar-refractivity contribution in [3.8, 4) is 45.3 Å². The van der Waals surface area contributed by atoms with Crippen LogP contribution in [0.15, 0.2) is 166 Å². The van der Waals surface area contributed by atoms with Crippen LogP contribution in [0, 0.1) is 0 Å². The van der Waals surface area contributed by atoms with E-state index >= 15 is 0 Å². The third kappa shape index (κ3) is 3.75. The van der Waals surface area contributed by atoms with Crippen LogP contribution in [0.1, 0.15) is 22.3 Å². The molecule has 8 aromatic rings.